The molecule has 0 aliphatic carbocycles. The molecular weight excluding hydrogens is 138 g/mol. The number of hydrogen-bond acceptors (Lipinski definition) is 3. The van der Waals surface area contributed by atoms with Crippen LogP contribution in [0.2, 0.25) is 0 Å². The molecule has 0 amide bonds. The molecule has 0 aliphatic heterocycles. The molecule has 1 atom stereocenters. The van der Waals surface area contributed by atoms with Crippen molar-refractivity contribution in [2.45, 2.75) is 13.0 Å². The fourth-order valence-electron chi connectivity index (χ4n) is 0.991. The molecule has 0 aromatic carbocycles. The molecule has 1 aromatic rings. The minimum Gasteiger partial charge on any atom is -0.329 e. The molecule has 4 N–H and O–H groups in total. The Morgan fingerprint density at radius 3 is 2.91 bits per heavy atom. The van der Waals surface area contributed by atoms with Crippen molar-refractivity contribution in [3.63, 3.8) is 0 Å². The van der Waals surface area contributed by atoms with Crippen molar-refractivity contribution in [2.75, 3.05) is 6.54 Å². The molecule has 0 spiro atoms. The summed E-state index contributed by atoms with van der Waals surface area (Å²) >= 11 is 0. The van der Waals surface area contributed by atoms with Gasteiger partial charge in [-0.3, -0.25) is 4.98 Å². The van der Waals surface area contributed by atoms with Crippen LogP contribution in [0.4, 0.5) is 0 Å². The molecule has 1 rings (SSSR count). The second-order valence-electron chi connectivity index (χ2n) is 2.57. The fraction of sp³-hybridized carbons (Fsp3) is 0.375. The van der Waals surface area contributed by atoms with Crippen LogP contribution in [-0.2, 0) is 0 Å². The normalized spacial score (nSPS) is 13.0. The van der Waals surface area contributed by atoms with Crippen LogP contribution in [-0.4, -0.2) is 11.5 Å². The van der Waals surface area contributed by atoms with Gasteiger partial charge in [-0.25, -0.2) is 0 Å². The summed E-state index contributed by atoms with van der Waals surface area (Å²) in [6.07, 6.45) is 3.52. The zero-order chi connectivity index (χ0) is 8.27. The number of aryl methyl sites for hydroxylation is 1. The standard InChI is InChI=1S/C8H13N3/c1-6-2-3-11-5-7(6)8(10)4-9/h2-3,5,8H,4,9-10H2,1H3. The molecule has 1 unspecified atom stereocenters. The van der Waals surface area contributed by atoms with Gasteiger partial charge in [0.15, 0.2) is 0 Å². The molecule has 3 heteroatoms. The molecule has 0 fully saturated rings. The van der Waals surface area contributed by atoms with Crippen molar-refractivity contribution >= 4 is 0 Å². The zero-order valence-corrected chi connectivity index (χ0v) is 6.62. The van der Waals surface area contributed by atoms with E-state index in [0.717, 1.165) is 11.1 Å². The molecule has 0 saturated heterocycles. The van der Waals surface area contributed by atoms with Gasteiger partial charge in [0.05, 0.1) is 0 Å². The summed E-state index contributed by atoms with van der Waals surface area (Å²) in [5.41, 5.74) is 13.3. The number of nitrogens with zero attached hydrogens (tertiary/aromatic N) is 1. The van der Waals surface area contributed by atoms with E-state index in [2.05, 4.69) is 4.98 Å². The van der Waals surface area contributed by atoms with Crippen LogP contribution in [0.25, 0.3) is 0 Å². The molecular formula is C8H13N3. The van der Waals surface area contributed by atoms with Gasteiger partial charge >= 0.3 is 0 Å². The average molecular weight is 151 g/mol. The summed E-state index contributed by atoms with van der Waals surface area (Å²) in [4.78, 5) is 3.98. The Bertz CT molecular complexity index is 235. The smallest absolute Gasteiger partial charge is 0.0437 e. The Kier molecular flexibility index (Phi) is 2.57. The van der Waals surface area contributed by atoms with E-state index in [9.17, 15) is 0 Å². The van der Waals surface area contributed by atoms with E-state index in [1.54, 1.807) is 12.4 Å². The lowest BCUT2D eigenvalue weighted by Crippen LogP contribution is -2.21. The molecule has 11 heavy (non-hydrogen) atoms. The summed E-state index contributed by atoms with van der Waals surface area (Å²) in [5, 5.41) is 0. The monoisotopic (exact) mass is 151 g/mol. The summed E-state index contributed by atoms with van der Waals surface area (Å²) in [5.74, 6) is 0. The third kappa shape index (κ3) is 1.76. The van der Waals surface area contributed by atoms with Crippen molar-refractivity contribution in [3.05, 3.63) is 29.6 Å². The van der Waals surface area contributed by atoms with Gasteiger partial charge in [-0.1, -0.05) is 0 Å². The van der Waals surface area contributed by atoms with Crippen molar-refractivity contribution < 1.29 is 0 Å². The van der Waals surface area contributed by atoms with Crippen molar-refractivity contribution in [1.29, 1.82) is 0 Å². The Balaban J connectivity index is 2.93. The first-order valence-electron chi connectivity index (χ1n) is 3.62. The number of aromatic nitrogens is 1. The number of hydrogen-bond donors (Lipinski definition) is 2. The SMILES string of the molecule is Cc1ccncc1C(N)CN. The Hall–Kier alpha value is -0.930. The Morgan fingerprint density at radius 1 is 1.64 bits per heavy atom. The molecule has 60 valence electrons. The number of pyridine rings is 1. The first-order chi connectivity index (χ1) is 5.25. The molecule has 0 bridgehead atoms. The van der Waals surface area contributed by atoms with Gasteiger partial charge in [0.2, 0.25) is 0 Å². The second-order valence-corrected chi connectivity index (χ2v) is 2.57. The van der Waals surface area contributed by atoms with Gasteiger partial charge in [0.25, 0.3) is 0 Å². The van der Waals surface area contributed by atoms with Gasteiger partial charge in [-0.2, -0.15) is 0 Å². The second kappa shape index (κ2) is 3.46. The zero-order valence-electron chi connectivity index (χ0n) is 6.62. The van der Waals surface area contributed by atoms with Crippen LogP contribution in [0, 0.1) is 6.92 Å². The van der Waals surface area contributed by atoms with Crippen molar-refractivity contribution in [1.82, 2.24) is 4.98 Å². The number of nitrogens with two attached hydrogens (primary N) is 2. The maximum atomic E-state index is 5.73. The predicted molar refractivity (Wildman–Crippen MR) is 45.0 cm³/mol. The van der Waals surface area contributed by atoms with E-state index in [-0.39, 0.29) is 6.04 Å². The van der Waals surface area contributed by atoms with Gasteiger partial charge in [0.1, 0.15) is 0 Å². The van der Waals surface area contributed by atoms with E-state index >= 15 is 0 Å². The minimum absolute atomic E-state index is 0.0799. The Labute approximate surface area is 66.4 Å². The van der Waals surface area contributed by atoms with Crippen LogP contribution in [0.15, 0.2) is 18.5 Å². The summed E-state index contributed by atoms with van der Waals surface area (Å²) < 4.78 is 0. The van der Waals surface area contributed by atoms with Crippen LogP contribution in [0.5, 0.6) is 0 Å². The first-order valence-corrected chi connectivity index (χ1v) is 3.62. The lowest BCUT2D eigenvalue weighted by molar-refractivity contribution is 0.727. The lowest BCUT2D eigenvalue weighted by atomic mass is 10.1. The highest BCUT2D eigenvalue weighted by molar-refractivity contribution is 5.24. The van der Waals surface area contributed by atoms with Gasteiger partial charge < -0.3 is 11.5 Å². The first kappa shape index (κ1) is 8.17. The van der Waals surface area contributed by atoms with Crippen LogP contribution >= 0.6 is 0 Å². The summed E-state index contributed by atoms with van der Waals surface area (Å²) in [7, 11) is 0. The highest BCUT2D eigenvalue weighted by atomic mass is 14.7. The van der Waals surface area contributed by atoms with Crippen LogP contribution in [0.1, 0.15) is 17.2 Å². The highest BCUT2D eigenvalue weighted by Crippen LogP contribution is 2.11. The van der Waals surface area contributed by atoms with Crippen molar-refractivity contribution in [3.8, 4) is 0 Å². The fourth-order valence-corrected chi connectivity index (χ4v) is 0.991. The van der Waals surface area contributed by atoms with Gasteiger partial charge in [-0.15, -0.1) is 0 Å². The molecule has 0 radical (unpaired) electrons. The quantitative estimate of drug-likeness (QED) is 0.641. The molecule has 0 saturated carbocycles. The third-order valence-corrected chi connectivity index (χ3v) is 1.73. The number of rotatable bonds is 2. The van der Waals surface area contributed by atoms with E-state index in [0.29, 0.717) is 6.54 Å². The minimum atomic E-state index is -0.0799. The van der Waals surface area contributed by atoms with Crippen LogP contribution in [0.3, 0.4) is 0 Å². The molecule has 0 aliphatic rings. The topological polar surface area (TPSA) is 64.9 Å². The maximum Gasteiger partial charge on any atom is 0.0437 e. The van der Waals surface area contributed by atoms with E-state index < -0.39 is 0 Å². The Morgan fingerprint density at radius 2 is 2.36 bits per heavy atom. The predicted octanol–water partition coefficient (Wildman–Crippen LogP) is 0.349. The van der Waals surface area contributed by atoms with Gasteiger partial charge in [0, 0.05) is 25.0 Å². The largest absolute Gasteiger partial charge is 0.329 e. The maximum absolute atomic E-state index is 5.73. The highest BCUT2D eigenvalue weighted by Gasteiger charge is 2.05. The molecule has 3 nitrogen and oxygen atoms in total. The van der Waals surface area contributed by atoms with Gasteiger partial charge in [-0.05, 0) is 24.1 Å². The molecule has 1 heterocycles. The lowest BCUT2D eigenvalue weighted by Gasteiger charge is -2.10. The van der Waals surface area contributed by atoms with E-state index in [1.807, 2.05) is 13.0 Å². The van der Waals surface area contributed by atoms with E-state index in [1.165, 1.54) is 0 Å². The third-order valence-electron chi connectivity index (χ3n) is 1.73. The van der Waals surface area contributed by atoms with E-state index in [4.69, 9.17) is 11.5 Å². The summed E-state index contributed by atoms with van der Waals surface area (Å²) in [6.45, 7) is 2.47. The van der Waals surface area contributed by atoms with Crippen molar-refractivity contribution in [2.24, 2.45) is 11.5 Å². The van der Waals surface area contributed by atoms with Crippen LogP contribution < -0.4 is 11.5 Å². The summed E-state index contributed by atoms with van der Waals surface area (Å²) in [6, 6.07) is 1.86. The molecule has 1 aromatic heterocycles. The average Bonchev–Trinajstić information content (AvgIpc) is 2.04.